The van der Waals surface area contributed by atoms with E-state index in [2.05, 4.69) is 95.6 Å². The van der Waals surface area contributed by atoms with Gasteiger partial charge in [0.1, 0.15) is 0 Å². The summed E-state index contributed by atoms with van der Waals surface area (Å²) < 4.78 is 2.36. The van der Waals surface area contributed by atoms with Gasteiger partial charge in [-0.05, 0) is 51.9 Å². The highest BCUT2D eigenvalue weighted by atomic mass is 15.0. The van der Waals surface area contributed by atoms with Crippen molar-refractivity contribution in [3.63, 3.8) is 0 Å². The molecule has 0 spiro atoms. The van der Waals surface area contributed by atoms with Crippen molar-refractivity contribution in [2.45, 2.75) is 0 Å². The number of hydrogen-bond acceptors (Lipinski definition) is 1. The van der Waals surface area contributed by atoms with Crippen LogP contribution in [0.5, 0.6) is 0 Å². The SMILES string of the molecule is N#Cc1ccc(-n2c3ccccc3c3c4c5ccccc5ccc4c4ccccc4c32)cc1. The molecule has 0 amide bonds. The predicted octanol–water partition coefficient (Wildman–Crippen LogP) is 8.11. The van der Waals surface area contributed by atoms with Gasteiger partial charge in [-0.2, -0.15) is 5.26 Å². The van der Waals surface area contributed by atoms with E-state index in [9.17, 15) is 5.26 Å². The van der Waals surface area contributed by atoms with E-state index in [4.69, 9.17) is 0 Å². The topological polar surface area (TPSA) is 28.7 Å². The fraction of sp³-hybridized carbons (Fsp3) is 0. The summed E-state index contributed by atoms with van der Waals surface area (Å²) in [6.07, 6.45) is 0. The van der Waals surface area contributed by atoms with Crippen molar-refractivity contribution in [2.75, 3.05) is 0 Å². The maximum Gasteiger partial charge on any atom is 0.0991 e. The van der Waals surface area contributed by atoms with Crippen LogP contribution >= 0.6 is 0 Å². The van der Waals surface area contributed by atoms with E-state index in [1.54, 1.807) is 0 Å². The molecule has 6 aromatic carbocycles. The lowest BCUT2D eigenvalue weighted by Gasteiger charge is -2.13. The molecule has 0 aliphatic rings. The normalized spacial score (nSPS) is 11.6. The Labute approximate surface area is 190 Å². The van der Waals surface area contributed by atoms with Crippen LogP contribution in [0, 0.1) is 11.3 Å². The molecule has 0 atom stereocenters. The largest absolute Gasteiger partial charge is 0.309 e. The molecule has 0 aliphatic carbocycles. The molecule has 2 heteroatoms. The highest BCUT2D eigenvalue weighted by Crippen LogP contribution is 2.44. The molecule has 0 saturated carbocycles. The number of benzene rings is 6. The van der Waals surface area contributed by atoms with Gasteiger partial charge in [0.2, 0.25) is 0 Å². The molecular weight excluding hydrogens is 400 g/mol. The maximum atomic E-state index is 9.31. The molecule has 2 nitrogen and oxygen atoms in total. The van der Waals surface area contributed by atoms with Crippen molar-refractivity contribution in [3.05, 3.63) is 115 Å². The van der Waals surface area contributed by atoms with Crippen molar-refractivity contribution in [2.24, 2.45) is 0 Å². The predicted molar refractivity (Wildman–Crippen MR) is 138 cm³/mol. The minimum Gasteiger partial charge on any atom is -0.309 e. The Balaban J connectivity index is 1.83. The summed E-state index contributed by atoms with van der Waals surface area (Å²) in [7, 11) is 0. The number of para-hydroxylation sites is 1. The van der Waals surface area contributed by atoms with E-state index in [1.807, 2.05) is 24.3 Å². The van der Waals surface area contributed by atoms with Crippen LogP contribution in [-0.2, 0) is 0 Å². The lowest BCUT2D eigenvalue weighted by molar-refractivity contribution is 1.18. The van der Waals surface area contributed by atoms with E-state index >= 15 is 0 Å². The summed E-state index contributed by atoms with van der Waals surface area (Å²) in [6, 6.07) is 40.6. The van der Waals surface area contributed by atoms with Crippen LogP contribution in [-0.4, -0.2) is 4.57 Å². The molecule has 1 heterocycles. The molecule has 0 unspecified atom stereocenters. The second-order valence-electron chi connectivity index (χ2n) is 8.49. The number of fused-ring (bicyclic) bond motifs is 10. The van der Waals surface area contributed by atoms with Crippen LogP contribution in [0.4, 0.5) is 0 Å². The summed E-state index contributed by atoms with van der Waals surface area (Å²) in [5.74, 6) is 0. The summed E-state index contributed by atoms with van der Waals surface area (Å²) in [4.78, 5) is 0. The van der Waals surface area contributed by atoms with Crippen LogP contribution in [0.15, 0.2) is 109 Å². The average Bonchev–Trinajstić information content (AvgIpc) is 3.24. The Morgan fingerprint density at radius 2 is 1.18 bits per heavy atom. The quantitative estimate of drug-likeness (QED) is 0.247. The van der Waals surface area contributed by atoms with Crippen molar-refractivity contribution in [3.8, 4) is 11.8 Å². The second-order valence-corrected chi connectivity index (χ2v) is 8.49. The monoisotopic (exact) mass is 418 g/mol. The van der Waals surface area contributed by atoms with Crippen LogP contribution in [0.3, 0.4) is 0 Å². The fourth-order valence-corrected chi connectivity index (χ4v) is 5.39. The van der Waals surface area contributed by atoms with E-state index in [0.717, 1.165) is 5.69 Å². The molecule has 152 valence electrons. The zero-order chi connectivity index (χ0) is 21.9. The second kappa shape index (κ2) is 6.69. The lowest BCUT2D eigenvalue weighted by atomic mass is 9.93. The Hall–Kier alpha value is -4.61. The summed E-state index contributed by atoms with van der Waals surface area (Å²) >= 11 is 0. The molecule has 0 N–H and O–H groups in total. The van der Waals surface area contributed by atoms with Crippen LogP contribution < -0.4 is 0 Å². The highest BCUT2D eigenvalue weighted by Gasteiger charge is 2.19. The van der Waals surface area contributed by atoms with Gasteiger partial charge in [0.25, 0.3) is 0 Å². The summed E-state index contributed by atoms with van der Waals surface area (Å²) in [5, 5.41) is 19.4. The molecule has 0 radical (unpaired) electrons. The van der Waals surface area contributed by atoms with Gasteiger partial charge in [0.05, 0.1) is 22.7 Å². The van der Waals surface area contributed by atoms with Crippen molar-refractivity contribution >= 4 is 54.1 Å². The summed E-state index contributed by atoms with van der Waals surface area (Å²) in [6.45, 7) is 0. The van der Waals surface area contributed by atoms with Crippen molar-refractivity contribution < 1.29 is 0 Å². The molecular formula is C31H18N2. The average molecular weight is 418 g/mol. The minimum atomic E-state index is 0.667. The first-order valence-electron chi connectivity index (χ1n) is 11.1. The Bertz CT molecular complexity index is 1920. The highest BCUT2D eigenvalue weighted by molar-refractivity contribution is 6.36. The lowest BCUT2D eigenvalue weighted by Crippen LogP contribution is -1.95. The first-order valence-corrected chi connectivity index (χ1v) is 11.1. The third-order valence-electron chi connectivity index (χ3n) is 6.78. The van der Waals surface area contributed by atoms with Crippen LogP contribution in [0.1, 0.15) is 5.56 Å². The van der Waals surface area contributed by atoms with Gasteiger partial charge in [-0.1, -0.05) is 78.9 Å². The molecule has 1 aromatic heterocycles. The van der Waals surface area contributed by atoms with Crippen LogP contribution in [0.2, 0.25) is 0 Å². The minimum absolute atomic E-state index is 0.667. The number of rotatable bonds is 1. The standard InChI is InChI=1S/C31H18N2/c32-19-20-13-16-22(17-14-20)33-28-12-6-5-11-27(28)30-29-23-8-2-1-7-21(23)15-18-25(29)24-9-3-4-10-26(24)31(30)33/h1-18H. The number of hydrogen-bond donors (Lipinski definition) is 0. The zero-order valence-corrected chi connectivity index (χ0v) is 17.8. The molecule has 0 aliphatic heterocycles. The number of nitriles is 1. The summed E-state index contributed by atoms with van der Waals surface area (Å²) in [5.41, 5.74) is 4.11. The molecule has 7 aromatic rings. The first-order chi connectivity index (χ1) is 16.3. The Kier molecular flexibility index (Phi) is 3.65. The number of aromatic nitrogens is 1. The van der Waals surface area contributed by atoms with Crippen molar-refractivity contribution in [1.82, 2.24) is 4.57 Å². The van der Waals surface area contributed by atoms with Gasteiger partial charge >= 0.3 is 0 Å². The molecule has 0 saturated heterocycles. The van der Waals surface area contributed by atoms with E-state index in [1.165, 1.54) is 54.1 Å². The van der Waals surface area contributed by atoms with Gasteiger partial charge in [0, 0.05) is 27.2 Å². The molecule has 7 rings (SSSR count). The smallest absolute Gasteiger partial charge is 0.0991 e. The van der Waals surface area contributed by atoms with Gasteiger partial charge in [-0.3, -0.25) is 0 Å². The molecule has 33 heavy (non-hydrogen) atoms. The van der Waals surface area contributed by atoms with Gasteiger partial charge in [-0.25, -0.2) is 0 Å². The van der Waals surface area contributed by atoms with Gasteiger partial charge < -0.3 is 4.57 Å². The molecule has 0 fully saturated rings. The van der Waals surface area contributed by atoms with Crippen molar-refractivity contribution in [1.29, 1.82) is 5.26 Å². The third kappa shape index (κ3) is 2.42. The maximum absolute atomic E-state index is 9.31. The number of nitrogens with zero attached hydrogens (tertiary/aromatic N) is 2. The Morgan fingerprint density at radius 1 is 0.515 bits per heavy atom. The Morgan fingerprint density at radius 3 is 1.97 bits per heavy atom. The van der Waals surface area contributed by atoms with Gasteiger partial charge in [0.15, 0.2) is 0 Å². The van der Waals surface area contributed by atoms with E-state index in [0.29, 0.717) is 5.56 Å². The van der Waals surface area contributed by atoms with Crippen LogP contribution in [0.25, 0.3) is 59.8 Å². The van der Waals surface area contributed by atoms with E-state index < -0.39 is 0 Å². The van der Waals surface area contributed by atoms with Gasteiger partial charge in [-0.15, -0.1) is 0 Å². The third-order valence-corrected chi connectivity index (χ3v) is 6.78. The van der Waals surface area contributed by atoms with E-state index in [-0.39, 0.29) is 0 Å². The molecule has 0 bridgehead atoms. The first kappa shape index (κ1) is 18.0. The zero-order valence-electron chi connectivity index (χ0n) is 17.8. The fourth-order valence-electron chi connectivity index (χ4n) is 5.39.